The van der Waals surface area contributed by atoms with Gasteiger partial charge in [0.15, 0.2) is 0 Å². The van der Waals surface area contributed by atoms with Gasteiger partial charge in [0, 0.05) is 0 Å². The number of rotatable bonds is 2. The molecule has 2 atom stereocenters. The Morgan fingerprint density at radius 3 is 2.47 bits per heavy atom. The molecule has 1 heterocycles. The van der Waals surface area contributed by atoms with E-state index in [2.05, 4.69) is 10.9 Å². The molecule has 0 bridgehead atoms. The van der Waals surface area contributed by atoms with Crippen LogP contribution in [0.3, 0.4) is 0 Å². The maximum atomic E-state index is 11.7. The van der Waals surface area contributed by atoms with Crippen LogP contribution in [0.1, 0.15) is 27.7 Å². The van der Waals surface area contributed by atoms with Crippen LogP contribution >= 0.6 is 0 Å². The van der Waals surface area contributed by atoms with Gasteiger partial charge in [0.25, 0.3) is 0 Å². The molecular weight excluding hydrogens is 190 g/mol. The van der Waals surface area contributed by atoms with Crippen LogP contribution in [0.5, 0.6) is 0 Å². The molecule has 0 saturated heterocycles. The van der Waals surface area contributed by atoms with Gasteiger partial charge < -0.3 is 5.73 Å². The van der Waals surface area contributed by atoms with E-state index in [0.29, 0.717) is 5.84 Å². The van der Waals surface area contributed by atoms with E-state index in [9.17, 15) is 4.79 Å². The predicted octanol–water partition coefficient (Wildman–Crippen LogP) is 1.22. The van der Waals surface area contributed by atoms with Crippen molar-refractivity contribution in [1.82, 2.24) is 4.90 Å². The number of nitrogens with zero attached hydrogens (tertiary/aromatic N) is 2. The summed E-state index contributed by atoms with van der Waals surface area (Å²) in [5.74, 6) is 3.07. The third-order valence-electron chi connectivity index (χ3n) is 3.19. The van der Waals surface area contributed by atoms with Gasteiger partial charge in [0.05, 0.1) is 6.04 Å². The Morgan fingerprint density at radius 1 is 1.53 bits per heavy atom. The fourth-order valence-corrected chi connectivity index (χ4v) is 1.81. The van der Waals surface area contributed by atoms with E-state index >= 15 is 0 Å². The van der Waals surface area contributed by atoms with Crippen molar-refractivity contribution >= 4 is 11.9 Å². The number of hydrogen-bond donors (Lipinski definition) is 1. The van der Waals surface area contributed by atoms with Crippen LogP contribution in [0.25, 0.3) is 0 Å². The summed E-state index contributed by atoms with van der Waals surface area (Å²) in [6, 6.07) is -0.635. The molecule has 1 aliphatic rings. The molecule has 0 saturated carbocycles. The molecule has 1 rings (SSSR count). The zero-order chi connectivity index (χ0) is 11.8. The van der Waals surface area contributed by atoms with Crippen molar-refractivity contribution in [3.05, 3.63) is 0 Å². The Hall–Kier alpha value is -1.50. The first-order valence-electron chi connectivity index (χ1n) is 4.99. The zero-order valence-electron chi connectivity index (χ0n) is 9.61. The molecular formula is C11H17N3O. The third-order valence-corrected chi connectivity index (χ3v) is 3.19. The molecule has 0 radical (unpaired) electrons. The largest absolute Gasteiger partial charge is 0.385 e. The molecule has 0 fully saturated rings. The highest BCUT2D eigenvalue weighted by Crippen LogP contribution is 2.32. The second-order valence-corrected chi connectivity index (χ2v) is 4.29. The number of urea groups is 1. The van der Waals surface area contributed by atoms with Crippen molar-refractivity contribution in [2.75, 3.05) is 0 Å². The van der Waals surface area contributed by atoms with Gasteiger partial charge in [-0.3, -0.25) is 4.90 Å². The molecule has 0 spiro atoms. The smallest absolute Gasteiger partial charge is 0.347 e. The molecule has 2 N–H and O–H groups in total. The number of amidine groups is 1. The second kappa shape index (κ2) is 3.58. The maximum absolute atomic E-state index is 11.7. The Balaban J connectivity index is 3.18. The van der Waals surface area contributed by atoms with Crippen molar-refractivity contribution in [2.45, 2.75) is 39.3 Å². The summed E-state index contributed by atoms with van der Waals surface area (Å²) in [6.07, 6.45) is 5.35. The van der Waals surface area contributed by atoms with Crippen molar-refractivity contribution in [2.24, 2.45) is 16.6 Å². The minimum atomic E-state index is -0.567. The van der Waals surface area contributed by atoms with Crippen LogP contribution in [-0.4, -0.2) is 28.3 Å². The summed E-state index contributed by atoms with van der Waals surface area (Å²) < 4.78 is 0. The summed E-state index contributed by atoms with van der Waals surface area (Å²) in [4.78, 5) is 17.0. The number of amides is 2. The Labute approximate surface area is 90.5 Å². The third kappa shape index (κ3) is 1.48. The van der Waals surface area contributed by atoms with Gasteiger partial charge in [-0.2, -0.15) is 4.99 Å². The van der Waals surface area contributed by atoms with Crippen LogP contribution in [-0.2, 0) is 0 Å². The van der Waals surface area contributed by atoms with Gasteiger partial charge in [0.2, 0.25) is 0 Å². The van der Waals surface area contributed by atoms with E-state index in [1.54, 1.807) is 11.8 Å². The quantitative estimate of drug-likeness (QED) is 0.692. The first-order chi connectivity index (χ1) is 6.85. The SMILES string of the molecule is C#CC(C)N1C(=O)N=C(N)C1(C)C(C)C. The highest BCUT2D eigenvalue weighted by Gasteiger charge is 2.48. The standard InChI is InChI=1S/C11H17N3O/c1-6-8(4)14-10(15)13-9(12)11(14,5)7(2)3/h1,7-8H,2-5H3,(H2,12,13,15). The summed E-state index contributed by atoms with van der Waals surface area (Å²) >= 11 is 0. The Bertz CT molecular complexity index is 353. The molecule has 4 nitrogen and oxygen atoms in total. The van der Waals surface area contributed by atoms with Gasteiger partial charge >= 0.3 is 6.03 Å². The van der Waals surface area contributed by atoms with E-state index in [-0.39, 0.29) is 18.0 Å². The lowest BCUT2D eigenvalue weighted by Gasteiger charge is -2.40. The number of nitrogens with two attached hydrogens (primary N) is 1. The average molecular weight is 207 g/mol. The number of terminal acetylenes is 1. The Kier molecular flexibility index (Phi) is 2.76. The minimum absolute atomic E-state index is 0.170. The fraction of sp³-hybridized carbons (Fsp3) is 0.636. The summed E-state index contributed by atoms with van der Waals surface area (Å²) in [6.45, 7) is 7.69. The van der Waals surface area contributed by atoms with E-state index in [1.165, 1.54) is 0 Å². The average Bonchev–Trinajstić information content (AvgIpc) is 2.38. The number of carbonyl (C=O) groups excluding carboxylic acids is 1. The normalized spacial score (nSPS) is 27.9. The summed E-state index contributed by atoms with van der Waals surface area (Å²) in [5.41, 5.74) is 5.24. The lowest BCUT2D eigenvalue weighted by molar-refractivity contribution is 0.140. The van der Waals surface area contributed by atoms with E-state index in [1.807, 2.05) is 20.8 Å². The molecule has 0 aromatic rings. The lowest BCUT2D eigenvalue weighted by atomic mass is 9.85. The monoisotopic (exact) mass is 207 g/mol. The topological polar surface area (TPSA) is 58.7 Å². The summed E-state index contributed by atoms with van der Waals surface area (Å²) in [7, 11) is 0. The van der Waals surface area contributed by atoms with Gasteiger partial charge in [-0.25, -0.2) is 4.79 Å². The number of aliphatic imine (C=N–C) groups is 1. The highest BCUT2D eigenvalue weighted by atomic mass is 16.2. The maximum Gasteiger partial charge on any atom is 0.347 e. The molecule has 0 aliphatic carbocycles. The molecule has 0 aromatic carbocycles. The zero-order valence-corrected chi connectivity index (χ0v) is 9.61. The van der Waals surface area contributed by atoms with E-state index in [0.717, 1.165) is 0 Å². The minimum Gasteiger partial charge on any atom is -0.385 e. The molecule has 0 aromatic heterocycles. The van der Waals surface area contributed by atoms with Crippen molar-refractivity contribution in [3.63, 3.8) is 0 Å². The molecule has 2 amide bonds. The van der Waals surface area contributed by atoms with E-state index in [4.69, 9.17) is 12.2 Å². The summed E-state index contributed by atoms with van der Waals surface area (Å²) in [5, 5.41) is 0. The van der Waals surface area contributed by atoms with Crippen LogP contribution in [0, 0.1) is 18.3 Å². The highest BCUT2D eigenvalue weighted by molar-refractivity contribution is 6.06. The van der Waals surface area contributed by atoms with Crippen molar-refractivity contribution < 1.29 is 4.79 Å². The van der Waals surface area contributed by atoms with Crippen molar-refractivity contribution in [3.8, 4) is 12.3 Å². The van der Waals surface area contributed by atoms with Gasteiger partial charge in [-0.15, -0.1) is 6.42 Å². The van der Waals surface area contributed by atoms with Gasteiger partial charge in [-0.05, 0) is 19.8 Å². The Morgan fingerprint density at radius 2 is 2.07 bits per heavy atom. The molecule has 2 unspecified atom stereocenters. The lowest BCUT2D eigenvalue weighted by Crippen LogP contribution is -2.58. The molecule has 82 valence electrons. The van der Waals surface area contributed by atoms with Gasteiger partial charge in [-0.1, -0.05) is 19.8 Å². The fourth-order valence-electron chi connectivity index (χ4n) is 1.81. The van der Waals surface area contributed by atoms with Gasteiger partial charge in [0.1, 0.15) is 11.4 Å². The number of carbonyl (C=O) groups is 1. The molecule has 1 aliphatic heterocycles. The second-order valence-electron chi connectivity index (χ2n) is 4.29. The molecule has 15 heavy (non-hydrogen) atoms. The van der Waals surface area contributed by atoms with E-state index < -0.39 is 5.54 Å². The molecule has 4 heteroatoms. The van der Waals surface area contributed by atoms with Crippen LogP contribution < -0.4 is 5.73 Å². The van der Waals surface area contributed by atoms with Crippen LogP contribution in [0.4, 0.5) is 4.79 Å². The van der Waals surface area contributed by atoms with Crippen molar-refractivity contribution in [1.29, 1.82) is 0 Å². The first-order valence-corrected chi connectivity index (χ1v) is 4.99. The number of hydrogen-bond acceptors (Lipinski definition) is 2. The first kappa shape index (κ1) is 11.6. The van der Waals surface area contributed by atoms with Crippen LogP contribution in [0.2, 0.25) is 0 Å². The van der Waals surface area contributed by atoms with Crippen LogP contribution in [0.15, 0.2) is 4.99 Å². The predicted molar refractivity (Wildman–Crippen MR) is 60.4 cm³/mol.